The summed E-state index contributed by atoms with van der Waals surface area (Å²) in [7, 11) is 2.97. The minimum atomic E-state index is -0.820. The number of aliphatic hydroxyl groups is 1. The molecule has 0 bridgehead atoms. The van der Waals surface area contributed by atoms with Gasteiger partial charge in [0.25, 0.3) is 0 Å². The van der Waals surface area contributed by atoms with Gasteiger partial charge in [0, 0.05) is 18.4 Å². The van der Waals surface area contributed by atoms with Crippen LogP contribution in [0.3, 0.4) is 0 Å². The fourth-order valence-electron chi connectivity index (χ4n) is 3.87. The molecule has 1 saturated heterocycles. The Bertz CT molecular complexity index is 823. The first kappa shape index (κ1) is 21.2. The summed E-state index contributed by atoms with van der Waals surface area (Å²) in [4.78, 5) is 0. The van der Waals surface area contributed by atoms with E-state index in [1.54, 1.807) is 30.3 Å². The van der Waals surface area contributed by atoms with E-state index in [9.17, 15) is 15.3 Å². The molecule has 7 nitrogen and oxygen atoms in total. The topological polar surface area (TPSA) is 97.6 Å². The number of hydrogen-bond acceptors (Lipinski definition) is 7. The number of ether oxygens (including phenoxy) is 4. The highest BCUT2D eigenvalue weighted by atomic mass is 16.5. The van der Waals surface area contributed by atoms with Gasteiger partial charge in [-0.25, -0.2) is 0 Å². The quantitative estimate of drug-likeness (QED) is 0.622. The van der Waals surface area contributed by atoms with E-state index in [4.69, 9.17) is 18.9 Å². The molecule has 29 heavy (non-hydrogen) atoms. The van der Waals surface area contributed by atoms with Crippen molar-refractivity contribution in [2.45, 2.75) is 19.1 Å². The lowest BCUT2D eigenvalue weighted by Crippen LogP contribution is -2.28. The van der Waals surface area contributed by atoms with Crippen LogP contribution in [0.4, 0.5) is 0 Å². The Balaban J connectivity index is 1.90. The van der Waals surface area contributed by atoms with E-state index in [1.807, 2.05) is 6.92 Å². The first-order chi connectivity index (χ1) is 14.0. The molecule has 0 saturated carbocycles. The minimum absolute atomic E-state index is 0.0195. The summed E-state index contributed by atoms with van der Waals surface area (Å²) in [5, 5.41) is 30.8. The molecule has 3 N–H and O–H groups in total. The highest BCUT2D eigenvalue weighted by Gasteiger charge is 2.41. The van der Waals surface area contributed by atoms with Crippen molar-refractivity contribution >= 4 is 0 Å². The Morgan fingerprint density at radius 1 is 0.931 bits per heavy atom. The summed E-state index contributed by atoms with van der Waals surface area (Å²) >= 11 is 0. The van der Waals surface area contributed by atoms with Gasteiger partial charge in [-0.15, -0.1) is 0 Å². The van der Waals surface area contributed by atoms with Gasteiger partial charge in [0.05, 0.1) is 39.6 Å². The lowest BCUT2D eigenvalue weighted by Gasteiger charge is -2.30. The van der Waals surface area contributed by atoms with E-state index >= 15 is 0 Å². The van der Waals surface area contributed by atoms with Crippen LogP contribution in [0.25, 0.3) is 0 Å². The number of aliphatic hydroxyl groups excluding tert-OH is 1. The van der Waals surface area contributed by atoms with Gasteiger partial charge in [-0.3, -0.25) is 0 Å². The average molecular weight is 404 g/mol. The standard InChI is InChI=1S/C22H28O7/c1-4-29-22(14-6-8-18(24)20(10-14)27-3)16-12-28-11-15(16)21(25)13-5-7-17(23)19(9-13)26-2/h5-10,15-16,21-25H,4,11-12H2,1-3H3/t15-,16-,21?,22?/m1/s1. The van der Waals surface area contributed by atoms with Gasteiger partial charge in [-0.05, 0) is 42.3 Å². The summed E-state index contributed by atoms with van der Waals surface area (Å²) in [6.45, 7) is 3.22. The number of phenols is 2. The highest BCUT2D eigenvalue weighted by molar-refractivity contribution is 5.44. The van der Waals surface area contributed by atoms with E-state index in [1.165, 1.54) is 20.3 Å². The van der Waals surface area contributed by atoms with Crippen LogP contribution in [0.15, 0.2) is 36.4 Å². The average Bonchev–Trinajstić information content (AvgIpc) is 3.22. The molecule has 1 aliphatic heterocycles. The molecule has 0 aromatic heterocycles. The molecule has 7 heteroatoms. The summed E-state index contributed by atoms with van der Waals surface area (Å²) in [5.74, 6) is 0.417. The highest BCUT2D eigenvalue weighted by Crippen LogP contribution is 2.44. The predicted molar refractivity (Wildman–Crippen MR) is 106 cm³/mol. The van der Waals surface area contributed by atoms with E-state index in [2.05, 4.69) is 0 Å². The number of aromatic hydroxyl groups is 2. The maximum atomic E-state index is 11.1. The van der Waals surface area contributed by atoms with Crippen molar-refractivity contribution in [1.29, 1.82) is 0 Å². The number of benzene rings is 2. The van der Waals surface area contributed by atoms with Crippen molar-refractivity contribution in [3.8, 4) is 23.0 Å². The molecular formula is C22H28O7. The van der Waals surface area contributed by atoms with Crippen LogP contribution in [-0.2, 0) is 9.47 Å². The van der Waals surface area contributed by atoms with Crippen molar-refractivity contribution < 1.29 is 34.3 Å². The third kappa shape index (κ3) is 4.42. The first-order valence-electron chi connectivity index (χ1n) is 9.61. The van der Waals surface area contributed by atoms with Crippen LogP contribution in [0.2, 0.25) is 0 Å². The number of phenolic OH excluding ortho intramolecular Hbond substituents is 2. The van der Waals surface area contributed by atoms with Crippen LogP contribution >= 0.6 is 0 Å². The smallest absolute Gasteiger partial charge is 0.160 e. The molecule has 2 aromatic carbocycles. The lowest BCUT2D eigenvalue weighted by molar-refractivity contribution is -0.0179. The fraction of sp³-hybridized carbons (Fsp3) is 0.455. The second-order valence-corrected chi connectivity index (χ2v) is 7.05. The van der Waals surface area contributed by atoms with Crippen LogP contribution in [0.5, 0.6) is 23.0 Å². The van der Waals surface area contributed by atoms with Gasteiger partial charge < -0.3 is 34.3 Å². The molecule has 1 fully saturated rings. The summed E-state index contributed by atoms with van der Waals surface area (Å²) in [6.07, 6.45) is -1.16. The third-order valence-corrected chi connectivity index (χ3v) is 5.39. The van der Waals surface area contributed by atoms with E-state index in [-0.39, 0.29) is 29.4 Å². The van der Waals surface area contributed by atoms with Crippen molar-refractivity contribution in [3.05, 3.63) is 47.5 Å². The SMILES string of the molecule is CCOC(c1ccc(O)c(OC)c1)[C@@H]1COC[C@H]1C(O)c1ccc(O)c(OC)c1. The Morgan fingerprint density at radius 2 is 1.48 bits per heavy atom. The first-order valence-corrected chi connectivity index (χ1v) is 9.61. The molecule has 1 aliphatic rings. The van der Waals surface area contributed by atoms with Gasteiger partial charge in [0.15, 0.2) is 23.0 Å². The second kappa shape index (κ2) is 9.35. The molecule has 2 unspecified atom stereocenters. The predicted octanol–water partition coefficient (Wildman–Crippen LogP) is 3.19. The van der Waals surface area contributed by atoms with Crippen LogP contribution in [-0.4, -0.2) is 49.4 Å². The van der Waals surface area contributed by atoms with Crippen molar-refractivity contribution in [1.82, 2.24) is 0 Å². The largest absolute Gasteiger partial charge is 0.504 e. The Kier molecular flexibility index (Phi) is 6.84. The lowest BCUT2D eigenvalue weighted by atomic mass is 9.81. The molecule has 2 aromatic rings. The summed E-state index contributed by atoms with van der Waals surface area (Å²) < 4.78 is 22.2. The second-order valence-electron chi connectivity index (χ2n) is 7.05. The van der Waals surface area contributed by atoms with Crippen LogP contribution in [0.1, 0.15) is 30.3 Å². The fourth-order valence-corrected chi connectivity index (χ4v) is 3.87. The van der Waals surface area contributed by atoms with Crippen LogP contribution < -0.4 is 9.47 Å². The summed E-state index contributed by atoms with van der Waals surface area (Å²) in [5.41, 5.74) is 1.48. The molecule has 0 aliphatic carbocycles. The van der Waals surface area contributed by atoms with Gasteiger partial charge >= 0.3 is 0 Å². The van der Waals surface area contributed by atoms with Gasteiger partial charge in [0.1, 0.15) is 0 Å². The number of rotatable bonds is 8. The molecule has 0 radical (unpaired) electrons. The van der Waals surface area contributed by atoms with E-state index < -0.39 is 6.10 Å². The Hall–Kier alpha value is -2.48. The zero-order valence-electron chi connectivity index (χ0n) is 16.9. The third-order valence-electron chi connectivity index (χ3n) is 5.39. The normalized spacial score (nSPS) is 21.0. The maximum Gasteiger partial charge on any atom is 0.160 e. The van der Waals surface area contributed by atoms with Crippen molar-refractivity contribution in [2.75, 3.05) is 34.0 Å². The van der Waals surface area contributed by atoms with Gasteiger partial charge in [-0.2, -0.15) is 0 Å². The minimum Gasteiger partial charge on any atom is -0.504 e. The molecule has 1 heterocycles. The molecule has 4 atom stereocenters. The van der Waals surface area contributed by atoms with Gasteiger partial charge in [-0.1, -0.05) is 12.1 Å². The Labute approximate surface area is 170 Å². The Morgan fingerprint density at radius 3 is 2.07 bits per heavy atom. The summed E-state index contributed by atoms with van der Waals surface area (Å²) in [6, 6.07) is 9.94. The van der Waals surface area contributed by atoms with E-state index in [0.29, 0.717) is 36.9 Å². The molecule has 0 spiro atoms. The van der Waals surface area contributed by atoms with Crippen molar-refractivity contribution in [3.63, 3.8) is 0 Å². The maximum absolute atomic E-state index is 11.1. The molecule has 158 valence electrons. The number of hydrogen-bond donors (Lipinski definition) is 3. The molecule has 0 amide bonds. The molecular weight excluding hydrogens is 376 g/mol. The van der Waals surface area contributed by atoms with Crippen molar-refractivity contribution in [2.24, 2.45) is 11.8 Å². The van der Waals surface area contributed by atoms with Gasteiger partial charge in [0.2, 0.25) is 0 Å². The van der Waals surface area contributed by atoms with E-state index in [0.717, 1.165) is 5.56 Å². The zero-order chi connectivity index (χ0) is 21.0. The van der Waals surface area contributed by atoms with Crippen LogP contribution in [0, 0.1) is 11.8 Å². The zero-order valence-corrected chi connectivity index (χ0v) is 16.9. The monoisotopic (exact) mass is 404 g/mol. The number of methoxy groups -OCH3 is 2. The molecule has 3 rings (SSSR count).